The highest BCUT2D eigenvalue weighted by Crippen LogP contribution is 2.24. The zero-order chi connectivity index (χ0) is 15.4. The predicted molar refractivity (Wildman–Crippen MR) is 79.8 cm³/mol. The van der Waals surface area contributed by atoms with Crippen LogP contribution >= 0.6 is 11.8 Å². The highest BCUT2D eigenvalue weighted by atomic mass is 32.2. The summed E-state index contributed by atoms with van der Waals surface area (Å²) in [4.78, 5) is 0. The standard InChI is InChI=1S/C15H10FN5S/c16-13-6-3-7-14(8-13)21-15(18-19-20-21)22-10-12-5-2-1-4-11(12)9-17/h1-8H,10H2. The van der Waals surface area contributed by atoms with Crippen LogP contribution in [0.25, 0.3) is 5.69 Å². The molecule has 0 unspecified atom stereocenters. The van der Waals surface area contributed by atoms with E-state index >= 15 is 0 Å². The molecule has 3 rings (SSSR count). The van der Waals surface area contributed by atoms with E-state index < -0.39 is 0 Å². The number of nitrogens with zero attached hydrogens (tertiary/aromatic N) is 5. The summed E-state index contributed by atoms with van der Waals surface area (Å²) in [6, 6.07) is 15.6. The number of aromatic nitrogens is 4. The molecule has 0 fully saturated rings. The van der Waals surface area contributed by atoms with Gasteiger partial charge in [-0.25, -0.2) is 4.39 Å². The van der Waals surface area contributed by atoms with Crippen molar-refractivity contribution in [3.05, 3.63) is 65.5 Å². The Morgan fingerprint density at radius 3 is 2.86 bits per heavy atom. The molecule has 0 aliphatic heterocycles. The van der Waals surface area contributed by atoms with Crippen LogP contribution in [0.5, 0.6) is 0 Å². The molecule has 0 radical (unpaired) electrons. The quantitative estimate of drug-likeness (QED) is 0.693. The summed E-state index contributed by atoms with van der Waals surface area (Å²) in [7, 11) is 0. The third-order valence-electron chi connectivity index (χ3n) is 2.99. The van der Waals surface area contributed by atoms with Gasteiger partial charge in [0, 0.05) is 5.75 Å². The Labute approximate surface area is 130 Å². The van der Waals surface area contributed by atoms with Gasteiger partial charge in [0.1, 0.15) is 5.82 Å². The molecular formula is C15H10FN5S. The fourth-order valence-corrected chi connectivity index (χ4v) is 2.83. The van der Waals surface area contributed by atoms with Crippen molar-refractivity contribution < 1.29 is 4.39 Å². The maximum atomic E-state index is 13.3. The Balaban J connectivity index is 1.83. The van der Waals surface area contributed by atoms with E-state index in [1.54, 1.807) is 18.2 Å². The summed E-state index contributed by atoms with van der Waals surface area (Å²) < 4.78 is 14.8. The van der Waals surface area contributed by atoms with Crippen LogP contribution < -0.4 is 0 Å². The van der Waals surface area contributed by atoms with Gasteiger partial charge in [0.25, 0.3) is 0 Å². The summed E-state index contributed by atoms with van der Waals surface area (Å²) in [5, 5.41) is 21.1. The first kappa shape index (κ1) is 14.2. The van der Waals surface area contributed by atoms with Crippen LogP contribution in [0.4, 0.5) is 4.39 Å². The first-order valence-corrected chi connectivity index (χ1v) is 7.41. The van der Waals surface area contributed by atoms with Crippen molar-refractivity contribution >= 4 is 11.8 Å². The van der Waals surface area contributed by atoms with E-state index in [9.17, 15) is 4.39 Å². The van der Waals surface area contributed by atoms with Gasteiger partial charge in [0.15, 0.2) is 0 Å². The molecule has 3 aromatic rings. The number of nitriles is 1. The molecule has 108 valence electrons. The van der Waals surface area contributed by atoms with Gasteiger partial charge in [-0.15, -0.1) is 5.10 Å². The molecule has 0 bridgehead atoms. The van der Waals surface area contributed by atoms with Crippen LogP contribution in [0, 0.1) is 17.1 Å². The van der Waals surface area contributed by atoms with Gasteiger partial charge in [-0.05, 0) is 40.3 Å². The topological polar surface area (TPSA) is 67.4 Å². The number of thioether (sulfide) groups is 1. The van der Waals surface area contributed by atoms with Crippen molar-refractivity contribution in [3.63, 3.8) is 0 Å². The lowest BCUT2D eigenvalue weighted by Gasteiger charge is -2.05. The van der Waals surface area contributed by atoms with Crippen molar-refractivity contribution in [1.29, 1.82) is 5.26 Å². The molecule has 0 aliphatic rings. The van der Waals surface area contributed by atoms with E-state index in [-0.39, 0.29) is 5.82 Å². The number of hydrogen-bond donors (Lipinski definition) is 0. The van der Waals surface area contributed by atoms with E-state index in [0.29, 0.717) is 22.2 Å². The third-order valence-corrected chi connectivity index (χ3v) is 3.96. The van der Waals surface area contributed by atoms with Crippen LogP contribution in [-0.4, -0.2) is 20.2 Å². The fraction of sp³-hybridized carbons (Fsp3) is 0.0667. The van der Waals surface area contributed by atoms with Crippen molar-refractivity contribution in [2.75, 3.05) is 0 Å². The lowest BCUT2D eigenvalue weighted by Crippen LogP contribution is -1.99. The fourth-order valence-electron chi connectivity index (χ4n) is 1.94. The number of rotatable bonds is 4. The molecule has 0 N–H and O–H groups in total. The molecule has 0 amide bonds. The largest absolute Gasteiger partial charge is 0.214 e. The van der Waals surface area contributed by atoms with Crippen molar-refractivity contribution in [3.8, 4) is 11.8 Å². The van der Waals surface area contributed by atoms with Crippen molar-refractivity contribution in [2.24, 2.45) is 0 Å². The lowest BCUT2D eigenvalue weighted by atomic mass is 10.1. The Bertz CT molecular complexity index is 840. The minimum Gasteiger partial charge on any atom is -0.207 e. The molecular weight excluding hydrogens is 301 g/mol. The van der Waals surface area contributed by atoms with E-state index in [1.165, 1.54) is 28.6 Å². The average molecular weight is 311 g/mol. The molecule has 5 nitrogen and oxygen atoms in total. The first-order valence-electron chi connectivity index (χ1n) is 6.43. The molecule has 0 atom stereocenters. The Kier molecular flexibility index (Phi) is 4.12. The smallest absolute Gasteiger partial charge is 0.207 e. The van der Waals surface area contributed by atoms with E-state index in [0.717, 1.165) is 5.56 Å². The maximum absolute atomic E-state index is 13.3. The normalized spacial score (nSPS) is 10.4. The van der Waals surface area contributed by atoms with Gasteiger partial charge in [-0.1, -0.05) is 36.0 Å². The second kappa shape index (κ2) is 6.37. The van der Waals surface area contributed by atoms with E-state index in [4.69, 9.17) is 5.26 Å². The van der Waals surface area contributed by atoms with Gasteiger partial charge < -0.3 is 0 Å². The summed E-state index contributed by atoms with van der Waals surface area (Å²) in [6.07, 6.45) is 0. The monoisotopic (exact) mass is 311 g/mol. The average Bonchev–Trinajstić information content (AvgIpc) is 3.01. The molecule has 7 heteroatoms. The summed E-state index contributed by atoms with van der Waals surface area (Å²) >= 11 is 1.39. The lowest BCUT2D eigenvalue weighted by molar-refractivity contribution is 0.623. The SMILES string of the molecule is N#Cc1ccccc1CSc1nnnn1-c1cccc(F)c1. The van der Waals surface area contributed by atoms with Gasteiger partial charge >= 0.3 is 0 Å². The predicted octanol–water partition coefficient (Wildman–Crippen LogP) is 2.97. The summed E-state index contributed by atoms with van der Waals surface area (Å²) in [6.45, 7) is 0. The maximum Gasteiger partial charge on any atom is 0.214 e. The molecule has 0 aliphatic carbocycles. The number of benzene rings is 2. The van der Waals surface area contributed by atoms with Crippen LogP contribution in [0.1, 0.15) is 11.1 Å². The zero-order valence-electron chi connectivity index (χ0n) is 11.3. The second-order valence-corrected chi connectivity index (χ2v) is 5.35. The summed E-state index contributed by atoms with van der Waals surface area (Å²) in [5.74, 6) is 0.207. The van der Waals surface area contributed by atoms with Crippen LogP contribution in [0.2, 0.25) is 0 Å². The molecule has 0 saturated carbocycles. The zero-order valence-corrected chi connectivity index (χ0v) is 12.2. The van der Waals surface area contributed by atoms with E-state index in [1.807, 2.05) is 18.2 Å². The molecule has 0 spiro atoms. The summed E-state index contributed by atoms with van der Waals surface area (Å²) in [5.41, 5.74) is 2.09. The number of halogens is 1. The Morgan fingerprint density at radius 2 is 2.05 bits per heavy atom. The molecule has 1 heterocycles. The van der Waals surface area contributed by atoms with Crippen LogP contribution in [0.3, 0.4) is 0 Å². The second-order valence-electron chi connectivity index (χ2n) is 4.41. The van der Waals surface area contributed by atoms with Gasteiger partial charge in [0.05, 0.1) is 17.3 Å². The highest BCUT2D eigenvalue weighted by Gasteiger charge is 2.11. The molecule has 2 aromatic carbocycles. The number of tetrazole rings is 1. The molecule has 22 heavy (non-hydrogen) atoms. The molecule has 1 aromatic heterocycles. The first-order chi connectivity index (χ1) is 10.8. The number of hydrogen-bond acceptors (Lipinski definition) is 5. The van der Waals surface area contributed by atoms with Gasteiger partial charge in [-0.2, -0.15) is 9.94 Å². The molecule has 0 saturated heterocycles. The van der Waals surface area contributed by atoms with Crippen molar-refractivity contribution in [2.45, 2.75) is 10.9 Å². The third kappa shape index (κ3) is 2.97. The Morgan fingerprint density at radius 1 is 1.18 bits per heavy atom. The Hall–Kier alpha value is -2.72. The van der Waals surface area contributed by atoms with Crippen LogP contribution in [-0.2, 0) is 5.75 Å². The van der Waals surface area contributed by atoms with E-state index in [2.05, 4.69) is 21.6 Å². The highest BCUT2D eigenvalue weighted by molar-refractivity contribution is 7.98. The van der Waals surface area contributed by atoms with Gasteiger partial charge in [-0.3, -0.25) is 0 Å². The minimum absolute atomic E-state index is 0.348. The van der Waals surface area contributed by atoms with Crippen molar-refractivity contribution in [1.82, 2.24) is 20.2 Å². The van der Waals surface area contributed by atoms with Crippen LogP contribution in [0.15, 0.2) is 53.7 Å². The minimum atomic E-state index is -0.348. The van der Waals surface area contributed by atoms with Gasteiger partial charge in [0.2, 0.25) is 5.16 Å².